The van der Waals surface area contributed by atoms with Crippen molar-refractivity contribution in [2.24, 2.45) is 0 Å². The van der Waals surface area contributed by atoms with Crippen molar-refractivity contribution >= 4 is 12.2 Å². The molecule has 2 aromatic carbocycles. The molecule has 3 aliphatic rings. The molecule has 0 nitrogen and oxygen atoms in total. The van der Waals surface area contributed by atoms with Crippen LogP contribution in [0.3, 0.4) is 0 Å². The number of allylic oxidation sites excluding steroid dienone is 2. The molecule has 1 fully saturated rings. The second kappa shape index (κ2) is 10.2. The molecule has 3 heteroatoms. The second-order valence-electron chi connectivity index (χ2n) is 11.1. The van der Waals surface area contributed by atoms with Crippen LogP contribution in [-0.2, 0) is 20.3 Å². The van der Waals surface area contributed by atoms with Gasteiger partial charge in [-0.3, -0.25) is 0 Å². The number of halogens is 2. The molecule has 1 aliphatic heterocycles. The van der Waals surface area contributed by atoms with Crippen LogP contribution in [0.2, 0.25) is 8.26 Å². The minimum atomic E-state index is -2.51. The third-order valence-corrected chi connectivity index (χ3v) is 23.3. The Kier molecular flexibility index (Phi) is 8.31. The molecule has 0 amide bonds. The minimum Gasteiger partial charge on any atom is -1.00 e. The van der Waals surface area contributed by atoms with Crippen LogP contribution < -0.4 is 24.8 Å². The van der Waals surface area contributed by atoms with Gasteiger partial charge in [0.05, 0.1) is 0 Å². The van der Waals surface area contributed by atoms with E-state index >= 15 is 0 Å². The quantitative estimate of drug-likeness (QED) is 0.527. The van der Waals surface area contributed by atoms with Crippen LogP contribution in [0.5, 0.6) is 0 Å². The summed E-state index contributed by atoms with van der Waals surface area (Å²) in [5.41, 5.74) is 11.3. The van der Waals surface area contributed by atoms with E-state index in [0.29, 0.717) is 17.8 Å². The normalized spacial score (nSPS) is 20.6. The summed E-state index contributed by atoms with van der Waals surface area (Å²) >= 11 is -2.51. The van der Waals surface area contributed by atoms with Crippen molar-refractivity contribution in [2.45, 2.75) is 81.2 Å². The fourth-order valence-electron chi connectivity index (χ4n) is 6.74. The van der Waals surface area contributed by atoms with Crippen LogP contribution in [-0.4, -0.2) is 0 Å². The first-order valence-electron chi connectivity index (χ1n) is 12.5. The number of rotatable bonds is 5. The zero-order valence-corrected chi connectivity index (χ0v) is 24.9. The zero-order valence-electron chi connectivity index (χ0n) is 21.0. The van der Waals surface area contributed by atoms with Crippen molar-refractivity contribution in [3.63, 3.8) is 0 Å². The molecule has 1 saturated heterocycles. The molecule has 0 spiro atoms. The number of fused-ring (bicyclic) bond motifs is 2. The topological polar surface area (TPSA) is 0 Å². The van der Waals surface area contributed by atoms with Gasteiger partial charge in [-0.15, -0.1) is 0 Å². The molecule has 5 rings (SSSR count). The van der Waals surface area contributed by atoms with Crippen LogP contribution in [0, 0.1) is 0 Å². The third-order valence-electron chi connectivity index (χ3n) is 8.47. The van der Waals surface area contributed by atoms with Crippen molar-refractivity contribution in [1.29, 1.82) is 0 Å². The van der Waals surface area contributed by atoms with Crippen LogP contribution >= 0.6 is 0 Å². The van der Waals surface area contributed by atoms with Gasteiger partial charge < -0.3 is 24.8 Å². The van der Waals surface area contributed by atoms with Gasteiger partial charge in [-0.2, -0.15) is 0 Å². The first-order valence-corrected chi connectivity index (χ1v) is 18.8. The molecule has 2 unspecified atom stereocenters. The predicted octanol–water partition coefficient (Wildman–Crippen LogP) is 3.30. The SMILES string of the molecule is CC(C)c1cccc2c1C=C[CH]2[Zr+2]1([CH]2C=Cc3c(C(C)C)ccc(C(C)C)c32)[CH2]C[CH2]1.[Cl-].[Cl-]. The van der Waals surface area contributed by atoms with Crippen molar-refractivity contribution in [2.75, 3.05) is 0 Å². The largest absolute Gasteiger partial charge is 1.00 e. The Labute approximate surface area is 218 Å². The van der Waals surface area contributed by atoms with Crippen molar-refractivity contribution in [1.82, 2.24) is 0 Å². The molecule has 1 heterocycles. The van der Waals surface area contributed by atoms with Gasteiger partial charge in [0.2, 0.25) is 0 Å². The van der Waals surface area contributed by atoms with Gasteiger partial charge in [0.25, 0.3) is 0 Å². The third kappa shape index (κ3) is 4.19. The first-order chi connectivity index (χ1) is 14.8. The maximum Gasteiger partial charge on any atom is -1.00 e. The molecule has 2 atom stereocenters. The van der Waals surface area contributed by atoms with E-state index in [4.69, 9.17) is 0 Å². The molecule has 0 N–H and O–H groups in total. The fourth-order valence-corrected chi connectivity index (χ4v) is 20.3. The van der Waals surface area contributed by atoms with E-state index in [-0.39, 0.29) is 24.8 Å². The molecule has 0 bridgehead atoms. The predicted molar refractivity (Wildman–Crippen MR) is 133 cm³/mol. The van der Waals surface area contributed by atoms with E-state index in [1.54, 1.807) is 47.2 Å². The summed E-state index contributed by atoms with van der Waals surface area (Å²) in [6.45, 7) is 14.2. The summed E-state index contributed by atoms with van der Waals surface area (Å²) in [6, 6.07) is 12.1. The molecule has 2 aromatic rings. The molecule has 2 aliphatic carbocycles. The van der Waals surface area contributed by atoms with Gasteiger partial charge in [0.1, 0.15) is 0 Å². The van der Waals surface area contributed by atoms with Gasteiger partial charge in [0.15, 0.2) is 0 Å². The molecule has 0 radical (unpaired) electrons. The molecule has 0 saturated carbocycles. The smallest absolute Gasteiger partial charge is 1.00 e. The Bertz CT molecular complexity index is 1070. The minimum absolute atomic E-state index is 0. The monoisotopic (exact) mass is 558 g/mol. The summed E-state index contributed by atoms with van der Waals surface area (Å²) in [4.78, 5) is 0. The summed E-state index contributed by atoms with van der Waals surface area (Å²) in [5.74, 6) is 1.78. The second-order valence-corrected chi connectivity index (χ2v) is 22.7. The number of hydrogen-bond acceptors (Lipinski definition) is 0. The van der Waals surface area contributed by atoms with E-state index in [1.807, 2.05) is 0 Å². The van der Waals surface area contributed by atoms with E-state index in [0.717, 1.165) is 7.25 Å². The summed E-state index contributed by atoms with van der Waals surface area (Å²) in [5, 5.41) is 0. The maximum absolute atomic E-state index is 2.68. The van der Waals surface area contributed by atoms with Crippen molar-refractivity contribution in [3.05, 3.63) is 81.4 Å². The fraction of sp³-hybridized carbons (Fsp3) is 0.467. The zero-order chi connectivity index (χ0) is 21.9. The number of benzene rings is 2. The van der Waals surface area contributed by atoms with E-state index in [2.05, 4.69) is 96.2 Å². The summed E-state index contributed by atoms with van der Waals surface area (Å²) < 4.78 is 4.59. The summed E-state index contributed by atoms with van der Waals surface area (Å²) in [6.07, 6.45) is 11.8. The Morgan fingerprint density at radius 2 is 1.21 bits per heavy atom. The van der Waals surface area contributed by atoms with E-state index in [1.165, 1.54) is 6.42 Å². The maximum atomic E-state index is 2.68. The van der Waals surface area contributed by atoms with Crippen LogP contribution in [0.25, 0.3) is 12.2 Å². The molecule has 176 valence electrons. The average molecular weight is 561 g/mol. The van der Waals surface area contributed by atoms with Crippen LogP contribution in [0.4, 0.5) is 0 Å². The summed E-state index contributed by atoms with van der Waals surface area (Å²) in [7, 11) is 0. The van der Waals surface area contributed by atoms with Crippen molar-refractivity contribution < 1.29 is 45.1 Å². The van der Waals surface area contributed by atoms with Crippen molar-refractivity contribution in [3.8, 4) is 0 Å². The van der Waals surface area contributed by atoms with Crippen LogP contribution in [0.15, 0.2) is 42.5 Å². The van der Waals surface area contributed by atoms with E-state index < -0.39 is 20.3 Å². The Balaban J connectivity index is 0.00000153. The number of hydrogen-bond donors (Lipinski definition) is 0. The van der Waals surface area contributed by atoms with Gasteiger partial charge >= 0.3 is 195 Å². The molecular formula is C30H38Cl2Zr. The van der Waals surface area contributed by atoms with Gasteiger partial charge in [-0.1, -0.05) is 0 Å². The van der Waals surface area contributed by atoms with E-state index in [9.17, 15) is 0 Å². The average Bonchev–Trinajstić information content (AvgIpc) is 3.32. The standard InChI is InChI=1S/C15H19.C12H13.C3H6.2ClH.Zr/c1-10(2)12-8-9-13(11(3)4)15-7-5-6-14(12)15;1-9(2)11-7-3-5-10-6-4-8-12(10)11;1-3-2;;;/h5-11H,1-4H3;3-9H,1-2H3;1-3H2;2*1H;/q;;;;;+2/p-2. The first kappa shape index (κ1) is 27.0. The van der Waals surface area contributed by atoms with Gasteiger partial charge in [-0.25, -0.2) is 0 Å². The molecular weight excluding hydrogens is 522 g/mol. The Hall–Kier alpha value is -0.617. The molecule has 0 aromatic heterocycles. The Morgan fingerprint density at radius 3 is 1.79 bits per heavy atom. The van der Waals surface area contributed by atoms with Gasteiger partial charge in [0, 0.05) is 0 Å². The Morgan fingerprint density at radius 1 is 0.667 bits per heavy atom. The van der Waals surface area contributed by atoms with Crippen LogP contribution in [0.1, 0.15) is 112 Å². The molecule has 33 heavy (non-hydrogen) atoms. The van der Waals surface area contributed by atoms with Gasteiger partial charge in [-0.05, 0) is 0 Å².